The van der Waals surface area contributed by atoms with Gasteiger partial charge in [0, 0.05) is 17.6 Å². The Labute approximate surface area is 163 Å². The largest absolute Gasteiger partial charge is 0.342 e. The van der Waals surface area contributed by atoms with Gasteiger partial charge in [0.25, 0.3) is 0 Å². The van der Waals surface area contributed by atoms with Crippen LogP contribution in [0.5, 0.6) is 0 Å². The molecular weight excluding hydrogens is 341 g/mol. The standard InChI is InChI=1S/C22H36FN3O/c1-14-7-16-9-17(8-14)12-22(3,11-16)26(4)13-19-6-5-18(10-20(19)23)21(25)27-15(2)24/h5-6,10,14-17,21H,7-9,11-13,24-25H2,1-4H3. The van der Waals surface area contributed by atoms with Crippen LogP contribution in [0.25, 0.3) is 0 Å². The number of rotatable bonds is 6. The Bertz CT molecular complexity index is 632. The molecule has 152 valence electrons. The van der Waals surface area contributed by atoms with Gasteiger partial charge in [-0.3, -0.25) is 4.90 Å². The van der Waals surface area contributed by atoms with Crippen molar-refractivity contribution in [2.45, 2.75) is 77.4 Å². The molecule has 0 radical (unpaired) electrons. The smallest absolute Gasteiger partial charge is 0.133 e. The highest BCUT2D eigenvalue weighted by atomic mass is 19.1. The zero-order valence-electron chi connectivity index (χ0n) is 17.2. The number of ether oxygens (including phenoxy) is 1. The van der Waals surface area contributed by atoms with E-state index in [-0.39, 0.29) is 11.4 Å². The second-order valence-electron chi connectivity index (χ2n) is 9.42. The van der Waals surface area contributed by atoms with Crippen molar-refractivity contribution in [3.8, 4) is 0 Å². The molecule has 0 saturated heterocycles. The molecule has 5 heteroatoms. The van der Waals surface area contributed by atoms with Gasteiger partial charge in [-0.1, -0.05) is 19.1 Å². The molecule has 27 heavy (non-hydrogen) atoms. The highest BCUT2D eigenvalue weighted by Gasteiger charge is 2.43. The molecule has 3 rings (SSSR count). The topological polar surface area (TPSA) is 64.5 Å². The van der Waals surface area contributed by atoms with Gasteiger partial charge in [-0.25, -0.2) is 4.39 Å². The fourth-order valence-electron chi connectivity index (χ4n) is 5.50. The summed E-state index contributed by atoms with van der Waals surface area (Å²) in [5.41, 5.74) is 13.0. The number of hydrogen-bond acceptors (Lipinski definition) is 4. The maximum atomic E-state index is 14.7. The molecule has 2 fully saturated rings. The monoisotopic (exact) mass is 377 g/mol. The van der Waals surface area contributed by atoms with Crippen LogP contribution in [0.15, 0.2) is 18.2 Å². The number of nitrogens with zero attached hydrogens (tertiary/aromatic N) is 1. The number of fused-ring (bicyclic) bond motifs is 2. The van der Waals surface area contributed by atoms with Crippen molar-refractivity contribution in [3.05, 3.63) is 35.1 Å². The van der Waals surface area contributed by atoms with Crippen molar-refractivity contribution in [3.63, 3.8) is 0 Å². The summed E-state index contributed by atoms with van der Waals surface area (Å²) in [6.45, 7) is 7.07. The minimum absolute atomic E-state index is 0.146. The molecule has 0 heterocycles. The number of hydrogen-bond donors (Lipinski definition) is 2. The van der Waals surface area contributed by atoms with Gasteiger partial charge in [-0.2, -0.15) is 0 Å². The van der Waals surface area contributed by atoms with Crippen LogP contribution in [-0.4, -0.2) is 23.7 Å². The van der Waals surface area contributed by atoms with E-state index in [4.69, 9.17) is 16.2 Å². The first-order chi connectivity index (χ1) is 12.7. The van der Waals surface area contributed by atoms with E-state index < -0.39 is 12.5 Å². The van der Waals surface area contributed by atoms with Gasteiger partial charge in [0.15, 0.2) is 0 Å². The van der Waals surface area contributed by atoms with Crippen LogP contribution in [0, 0.1) is 23.6 Å². The van der Waals surface area contributed by atoms with E-state index >= 15 is 0 Å². The minimum Gasteiger partial charge on any atom is -0.342 e. The van der Waals surface area contributed by atoms with E-state index in [9.17, 15) is 4.39 Å². The molecule has 2 saturated carbocycles. The fraction of sp³-hybridized carbons (Fsp3) is 0.727. The van der Waals surface area contributed by atoms with Crippen molar-refractivity contribution in [1.82, 2.24) is 4.90 Å². The lowest BCUT2D eigenvalue weighted by atomic mass is 9.62. The molecule has 0 amide bonds. The SMILES string of the molecule is CC1CC2CC(C1)CC(C)(N(C)Cc1ccc(C(N)OC(C)N)cc1F)C2. The normalized spacial score (nSPS) is 33.1. The third-order valence-corrected chi connectivity index (χ3v) is 6.69. The van der Waals surface area contributed by atoms with Crippen LogP contribution in [0.3, 0.4) is 0 Å². The summed E-state index contributed by atoms with van der Waals surface area (Å²) in [5.74, 6) is 2.27. The third kappa shape index (κ3) is 4.89. The Morgan fingerprint density at radius 3 is 2.41 bits per heavy atom. The Morgan fingerprint density at radius 2 is 1.85 bits per heavy atom. The molecule has 2 aliphatic rings. The number of nitrogens with two attached hydrogens (primary N) is 2. The molecule has 2 aliphatic carbocycles. The van der Waals surface area contributed by atoms with Crippen LogP contribution in [0.4, 0.5) is 4.39 Å². The Hall–Kier alpha value is -1.01. The van der Waals surface area contributed by atoms with Crippen LogP contribution in [-0.2, 0) is 11.3 Å². The minimum atomic E-state index is -0.705. The summed E-state index contributed by atoms with van der Waals surface area (Å²) in [5, 5.41) is 0. The quantitative estimate of drug-likeness (QED) is 0.731. The van der Waals surface area contributed by atoms with Gasteiger partial charge >= 0.3 is 0 Å². The Morgan fingerprint density at radius 1 is 1.22 bits per heavy atom. The highest BCUT2D eigenvalue weighted by molar-refractivity contribution is 5.26. The van der Waals surface area contributed by atoms with E-state index in [1.54, 1.807) is 6.92 Å². The van der Waals surface area contributed by atoms with Gasteiger partial charge in [0.2, 0.25) is 0 Å². The average molecular weight is 378 g/mol. The summed E-state index contributed by atoms with van der Waals surface area (Å²) >= 11 is 0. The predicted octanol–water partition coefficient (Wildman–Crippen LogP) is 4.14. The number of halogens is 1. The van der Waals surface area contributed by atoms with E-state index in [2.05, 4.69) is 25.8 Å². The van der Waals surface area contributed by atoms with Gasteiger partial charge in [0.1, 0.15) is 18.3 Å². The fourth-order valence-corrected chi connectivity index (χ4v) is 5.50. The van der Waals surface area contributed by atoms with Gasteiger partial charge in [0.05, 0.1) is 0 Å². The van der Waals surface area contributed by atoms with Crippen molar-refractivity contribution < 1.29 is 9.13 Å². The van der Waals surface area contributed by atoms with E-state index in [1.165, 1.54) is 38.2 Å². The van der Waals surface area contributed by atoms with E-state index in [0.717, 1.165) is 17.8 Å². The molecule has 0 spiro atoms. The Balaban J connectivity index is 1.68. The molecule has 4 N–H and O–H groups in total. The lowest BCUT2D eigenvalue weighted by Crippen LogP contribution is -2.50. The first kappa shape index (κ1) is 20.7. The van der Waals surface area contributed by atoms with Crippen molar-refractivity contribution >= 4 is 0 Å². The molecule has 4 unspecified atom stereocenters. The van der Waals surface area contributed by atoms with Crippen molar-refractivity contribution in [1.29, 1.82) is 0 Å². The maximum Gasteiger partial charge on any atom is 0.133 e. The van der Waals surface area contributed by atoms with Crippen molar-refractivity contribution in [2.24, 2.45) is 29.2 Å². The maximum absolute atomic E-state index is 14.7. The zero-order chi connectivity index (χ0) is 19.8. The molecule has 4 nitrogen and oxygen atoms in total. The first-order valence-corrected chi connectivity index (χ1v) is 10.3. The lowest BCUT2D eigenvalue weighted by molar-refractivity contribution is -0.000789. The summed E-state index contributed by atoms with van der Waals surface area (Å²) in [7, 11) is 2.14. The van der Waals surface area contributed by atoms with Gasteiger partial charge < -0.3 is 16.2 Å². The predicted molar refractivity (Wildman–Crippen MR) is 107 cm³/mol. The number of benzene rings is 1. The summed E-state index contributed by atoms with van der Waals surface area (Å²) in [4.78, 5) is 2.36. The lowest BCUT2D eigenvalue weighted by Gasteiger charge is -2.51. The first-order valence-electron chi connectivity index (χ1n) is 10.3. The molecule has 1 aromatic carbocycles. The molecule has 1 aromatic rings. The second-order valence-corrected chi connectivity index (χ2v) is 9.42. The molecule has 4 atom stereocenters. The zero-order valence-corrected chi connectivity index (χ0v) is 17.2. The summed E-state index contributed by atoms with van der Waals surface area (Å²) < 4.78 is 20.1. The Kier molecular flexibility index (Phi) is 6.26. The van der Waals surface area contributed by atoms with Gasteiger partial charge in [-0.15, -0.1) is 0 Å². The summed E-state index contributed by atoms with van der Waals surface area (Å²) in [6.07, 6.45) is 5.33. The van der Waals surface area contributed by atoms with Crippen molar-refractivity contribution in [2.75, 3.05) is 7.05 Å². The molecule has 0 aliphatic heterocycles. The van der Waals surface area contributed by atoms with Crippen LogP contribution < -0.4 is 11.5 Å². The molecule has 2 bridgehead atoms. The van der Waals surface area contributed by atoms with E-state index in [1.807, 2.05) is 12.1 Å². The van der Waals surface area contributed by atoms with Crippen LogP contribution >= 0.6 is 0 Å². The molecule has 0 aromatic heterocycles. The highest BCUT2D eigenvalue weighted by Crippen LogP contribution is 2.48. The second kappa shape index (κ2) is 8.16. The van der Waals surface area contributed by atoms with Gasteiger partial charge in [-0.05, 0) is 82.4 Å². The van der Waals surface area contributed by atoms with E-state index in [0.29, 0.717) is 17.7 Å². The molecular formula is C22H36FN3O. The summed E-state index contributed by atoms with van der Waals surface area (Å²) in [6, 6.07) is 5.16. The third-order valence-electron chi connectivity index (χ3n) is 6.69. The average Bonchev–Trinajstić information content (AvgIpc) is 2.54. The van der Waals surface area contributed by atoms with Crippen LogP contribution in [0.2, 0.25) is 0 Å². The van der Waals surface area contributed by atoms with Crippen LogP contribution in [0.1, 0.15) is 70.2 Å².